The van der Waals surface area contributed by atoms with Crippen LogP contribution in [0.15, 0.2) is 34.7 Å². The maximum Gasteiger partial charge on any atom is 0.257 e. The molecule has 2 aromatic rings. The Hall–Kier alpha value is 0.110. The minimum Gasteiger partial charge on any atom is -0.397 e. The minimum atomic E-state index is -0.219. The fourth-order valence-corrected chi connectivity index (χ4v) is 5.55. The van der Waals surface area contributed by atoms with Crippen molar-refractivity contribution in [3.05, 3.63) is 40.3 Å². The average molecular weight is 534 g/mol. The SMILES string of the molecule is Nc1cc(Br)cc(Br)c1NC(=O)c1cc(Br)sc1Br. The summed E-state index contributed by atoms with van der Waals surface area (Å²) in [5, 5.41) is 2.80. The largest absolute Gasteiger partial charge is 0.397 e. The lowest BCUT2D eigenvalue weighted by Crippen LogP contribution is -2.13. The summed E-state index contributed by atoms with van der Waals surface area (Å²) in [6, 6.07) is 5.32. The van der Waals surface area contributed by atoms with Crippen LogP contribution in [-0.2, 0) is 0 Å². The molecule has 0 radical (unpaired) electrons. The molecule has 0 bridgehead atoms. The van der Waals surface area contributed by atoms with Crippen LogP contribution in [0.25, 0.3) is 0 Å². The van der Waals surface area contributed by atoms with Gasteiger partial charge in [0.05, 0.1) is 24.5 Å². The molecule has 3 nitrogen and oxygen atoms in total. The quantitative estimate of drug-likeness (QED) is 0.492. The summed E-state index contributed by atoms with van der Waals surface area (Å²) in [6.07, 6.45) is 0. The van der Waals surface area contributed by atoms with Gasteiger partial charge in [0.25, 0.3) is 5.91 Å². The number of carbonyl (C=O) groups is 1. The van der Waals surface area contributed by atoms with E-state index in [0.29, 0.717) is 16.9 Å². The Bertz CT molecular complexity index is 633. The second-order valence-corrected chi connectivity index (χ2v) is 9.06. The van der Waals surface area contributed by atoms with Crippen molar-refractivity contribution >= 4 is 92.3 Å². The normalized spacial score (nSPS) is 10.5. The second kappa shape index (κ2) is 6.26. The van der Waals surface area contributed by atoms with Crippen LogP contribution in [0, 0.1) is 0 Å². The van der Waals surface area contributed by atoms with E-state index in [4.69, 9.17) is 5.73 Å². The average Bonchev–Trinajstić information content (AvgIpc) is 2.62. The lowest BCUT2D eigenvalue weighted by Gasteiger charge is -2.10. The number of rotatable bonds is 2. The third kappa shape index (κ3) is 3.60. The number of hydrogen-bond donors (Lipinski definition) is 2. The molecule has 0 spiro atoms. The highest BCUT2D eigenvalue weighted by atomic mass is 79.9. The molecule has 0 atom stereocenters. The summed E-state index contributed by atoms with van der Waals surface area (Å²) in [4.78, 5) is 12.2. The minimum absolute atomic E-state index is 0.219. The number of anilines is 2. The summed E-state index contributed by atoms with van der Waals surface area (Å²) in [5.74, 6) is -0.219. The van der Waals surface area contributed by atoms with Gasteiger partial charge in [-0.3, -0.25) is 4.79 Å². The highest BCUT2D eigenvalue weighted by Gasteiger charge is 2.16. The molecule has 2 rings (SSSR count). The van der Waals surface area contributed by atoms with Crippen LogP contribution in [0.2, 0.25) is 0 Å². The van der Waals surface area contributed by atoms with Crippen molar-refractivity contribution in [3.63, 3.8) is 0 Å². The molecule has 0 fully saturated rings. The van der Waals surface area contributed by atoms with E-state index in [0.717, 1.165) is 16.5 Å². The van der Waals surface area contributed by atoms with E-state index in [1.54, 1.807) is 12.1 Å². The van der Waals surface area contributed by atoms with Crippen LogP contribution in [0.5, 0.6) is 0 Å². The smallest absolute Gasteiger partial charge is 0.257 e. The van der Waals surface area contributed by atoms with Gasteiger partial charge in [-0.2, -0.15) is 0 Å². The summed E-state index contributed by atoms with van der Waals surface area (Å²) in [6.45, 7) is 0. The van der Waals surface area contributed by atoms with E-state index >= 15 is 0 Å². The third-order valence-corrected chi connectivity index (χ3v) is 5.65. The highest BCUT2D eigenvalue weighted by molar-refractivity contribution is 9.12. The molecule has 0 saturated heterocycles. The fraction of sp³-hybridized carbons (Fsp3) is 0. The van der Waals surface area contributed by atoms with Crippen molar-refractivity contribution in [3.8, 4) is 0 Å². The Morgan fingerprint density at radius 1 is 1.16 bits per heavy atom. The summed E-state index contributed by atoms with van der Waals surface area (Å²) in [5.41, 5.74) is 7.50. The van der Waals surface area contributed by atoms with Crippen LogP contribution < -0.4 is 11.1 Å². The zero-order chi connectivity index (χ0) is 14.2. The molecule has 1 aromatic heterocycles. The number of halogens is 4. The molecule has 0 aliphatic carbocycles. The predicted octanol–water partition coefficient (Wildman–Crippen LogP) is 5.63. The Kier molecular flexibility index (Phi) is 5.10. The fourth-order valence-electron chi connectivity index (χ4n) is 1.40. The van der Waals surface area contributed by atoms with Crippen LogP contribution in [-0.4, -0.2) is 5.91 Å². The van der Waals surface area contributed by atoms with E-state index in [1.807, 2.05) is 6.07 Å². The van der Waals surface area contributed by atoms with Crippen molar-refractivity contribution in [2.45, 2.75) is 0 Å². The number of nitrogens with two attached hydrogens (primary N) is 1. The number of benzene rings is 1. The number of nitrogens with one attached hydrogen (secondary N) is 1. The van der Waals surface area contributed by atoms with Gasteiger partial charge in [0.15, 0.2) is 0 Å². The van der Waals surface area contributed by atoms with E-state index in [9.17, 15) is 4.79 Å². The first kappa shape index (κ1) is 15.5. The maximum atomic E-state index is 12.2. The van der Waals surface area contributed by atoms with Crippen molar-refractivity contribution in [2.24, 2.45) is 0 Å². The van der Waals surface area contributed by atoms with Gasteiger partial charge in [0.1, 0.15) is 0 Å². The predicted molar refractivity (Wildman–Crippen MR) is 93.9 cm³/mol. The van der Waals surface area contributed by atoms with E-state index in [2.05, 4.69) is 69.0 Å². The lowest BCUT2D eigenvalue weighted by atomic mass is 10.2. The Morgan fingerprint density at radius 3 is 2.37 bits per heavy atom. The molecule has 0 aliphatic heterocycles. The molecule has 1 amide bonds. The van der Waals surface area contributed by atoms with E-state index in [1.165, 1.54) is 11.3 Å². The Morgan fingerprint density at radius 2 is 1.84 bits per heavy atom. The zero-order valence-electron chi connectivity index (χ0n) is 9.14. The zero-order valence-corrected chi connectivity index (χ0v) is 16.3. The molecule has 0 unspecified atom stereocenters. The molecule has 8 heteroatoms. The number of thiophene rings is 1. The maximum absolute atomic E-state index is 12.2. The van der Waals surface area contributed by atoms with Gasteiger partial charge in [-0.15, -0.1) is 11.3 Å². The standard InChI is InChI=1S/C11H6Br4N2OS/c12-4-1-6(13)9(7(16)2-4)17-11(18)5-3-8(14)19-10(5)15/h1-3H,16H2,(H,17,18). The third-order valence-electron chi connectivity index (χ3n) is 2.23. The monoisotopic (exact) mass is 530 g/mol. The van der Waals surface area contributed by atoms with Crippen LogP contribution in [0.4, 0.5) is 11.4 Å². The van der Waals surface area contributed by atoms with E-state index in [-0.39, 0.29) is 5.91 Å². The van der Waals surface area contributed by atoms with Crippen molar-refractivity contribution in [1.29, 1.82) is 0 Å². The number of nitrogen functional groups attached to an aromatic ring is 1. The summed E-state index contributed by atoms with van der Waals surface area (Å²) < 4.78 is 3.21. The second-order valence-electron chi connectivity index (χ2n) is 3.54. The van der Waals surface area contributed by atoms with Gasteiger partial charge in [-0.05, 0) is 66.0 Å². The Labute approximate surface area is 147 Å². The first-order valence-corrected chi connectivity index (χ1v) is 8.88. The summed E-state index contributed by atoms with van der Waals surface area (Å²) >= 11 is 14.9. The first-order chi connectivity index (χ1) is 8.88. The molecular formula is C11H6Br4N2OS. The topological polar surface area (TPSA) is 55.1 Å². The molecule has 100 valence electrons. The molecule has 1 aromatic carbocycles. The van der Waals surface area contributed by atoms with E-state index < -0.39 is 0 Å². The number of carbonyl (C=O) groups excluding carboxylic acids is 1. The number of amides is 1. The van der Waals surface area contributed by atoms with Crippen molar-refractivity contribution in [2.75, 3.05) is 11.1 Å². The first-order valence-electron chi connectivity index (χ1n) is 4.89. The highest BCUT2D eigenvalue weighted by Crippen LogP contribution is 2.35. The summed E-state index contributed by atoms with van der Waals surface area (Å²) in [7, 11) is 0. The molecule has 3 N–H and O–H groups in total. The van der Waals surface area contributed by atoms with Gasteiger partial charge >= 0.3 is 0 Å². The van der Waals surface area contributed by atoms with Gasteiger partial charge in [0, 0.05) is 8.95 Å². The van der Waals surface area contributed by atoms with Crippen molar-refractivity contribution < 1.29 is 4.79 Å². The molecular weight excluding hydrogens is 528 g/mol. The molecule has 19 heavy (non-hydrogen) atoms. The molecule has 0 saturated carbocycles. The molecule has 0 aliphatic rings. The van der Waals surface area contributed by atoms with Gasteiger partial charge in [0.2, 0.25) is 0 Å². The Balaban J connectivity index is 2.32. The van der Waals surface area contributed by atoms with Crippen molar-refractivity contribution in [1.82, 2.24) is 0 Å². The number of hydrogen-bond acceptors (Lipinski definition) is 3. The van der Waals surface area contributed by atoms with Gasteiger partial charge in [-0.1, -0.05) is 15.9 Å². The molecule has 1 heterocycles. The van der Waals surface area contributed by atoms with Crippen LogP contribution >= 0.6 is 75.1 Å². The van der Waals surface area contributed by atoms with Gasteiger partial charge < -0.3 is 11.1 Å². The van der Waals surface area contributed by atoms with Gasteiger partial charge in [-0.25, -0.2) is 0 Å². The lowest BCUT2D eigenvalue weighted by molar-refractivity contribution is 0.102. The van der Waals surface area contributed by atoms with Crippen LogP contribution in [0.1, 0.15) is 10.4 Å². The van der Waals surface area contributed by atoms with Crippen LogP contribution in [0.3, 0.4) is 0 Å².